The Morgan fingerprint density at radius 3 is 2.77 bits per heavy atom. The normalized spacial score (nSPS) is 10.5. The molecule has 0 unspecified atom stereocenters. The molecule has 0 saturated heterocycles. The summed E-state index contributed by atoms with van der Waals surface area (Å²) < 4.78 is 6.25. The molecule has 6 nitrogen and oxygen atoms in total. The van der Waals surface area contributed by atoms with E-state index in [1.807, 2.05) is 35.7 Å². The lowest BCUT2D eigenvalue weighted by atomic mass is 10.3. The molecule has 3 rings (SSSR count). The molecular formula is C15H13N3O3S. The molecule has 1 amide bonds. The quantitative estimate of drug-likeness (QED) is 0.785. The number of thiophene rings is 1. The number of amides is 1. The third-order valence-electron chi connectivity index (χ3n) is 2.95. The monoisotopic (exact) mass is 315 g/mol. The summed E-state index contributed by atoms with van der Waals surface area (Å²) in [6.45, 7) is 0.173. The summed E-state index contributed by atoms with van der Waals surface area (Å²) >= 11 is 1.44. The van der Waals surface area contributed by atoms with Gasteiger partial charge in [0.15, 0.2) is 0 Å². The van der Waals surface area contributed by atoms with Crippen LogP contribution in [-0.4, -0.2) is 15.7 Å². The number of nitrogens with one attached hydrogen (secondary N) is 1. The van der Waals surface area contributed by atoms with Crippen molar-refractivity contribution in [1.29, 1.82) is 0 Å². The number of rotatable bonds is 5. The van der Waals surface area contributed by atoms with Crippen molar-refractivity contribution < 1.29 is 9.21 Å². The van der Waals surface area contributed by atoms with E-state index in [4.69, 9.17) is 4.42 Å². The smallest absolute Gasteiger partial charge is 0.387 e. The largest absolute Gasteiger partial charge is 0.437 e. The van der Waals surface area contributed by atoms with E-state index in [-0.39, 0.29) is 24.8 Å². The number of aromatic nitrogens is 2. The second kappa shape index (κ2) is 6.40. The standard InChI is InChI=1S/C15H13N3O3S/c19-13(16-11-5-2-1-3-6-11)8-9-18-15(20)21-14(17-18)12-7-4-10-22-12/h1-7,10H,8-9H2,(H,16,19). The van der Waals surface area contributed by atoms with Gasteiger partial charge in [-0.15, -0.1) is 16.4 Å². The minimum absolute atomic E-state index is 0.144. The fourth-order valence-electron chi connectivity index (χ4n) is 1.90. The number of benzene rings is 1. The molecule has 0 aliphatic rings. The van der Waals surface area contributed by atoms with Crippen LogP contribution >= 0.6 is 11.3 Å². The predicted octanol–water partition coefficient (Wildman–Crippen LogP) is 2.59. The van der Waals surface area contributed by atoms with Gasteiger partial charge in [-0.05, 0) is 23.6 Å². The van der Waals surface area contributed by atoms with Gasteiger partial charge in [-0.3, -0.25) is 4.79 Å². The van der Waals surface area contributed by atoms with Crippen molar-refractivity contribution in [3.63, 3.8) is 0 Å². The number of anilines is 1. The summed E-state index contributed by atoms with van der Waals surface area (Å²) in [5.41, 5.74) is 0.722. The van der Waals surface area contributed by atoms with Gasteiger partial charge in [-0.1, -0.05) is 24.3 Å². The zero-order valence-electron chi connectivity index (χ0n) is 11.6. The van der Waals surface area contributed by atoms with Crippen LogP contribution in [0, 0.1) is 0 Å². The van der Waals surface area contributed by atoms with E-state index >= 15 is 0 Å². The molecule has 0 fully saturated rings. The average Bonchev–Trinajstić information content (AvgIpc) is 3.16. The third-order valence-corrected chi connectivity index (χ3v) is 3.80. The Balaban J connectivity index is 1.62. The van der Waals surface area contributed by atoms with Gasteiger partial charge in [0.05, 0.1) is 11.4 Å². The molecule has 0 saturated carbocycles. The minimum Gasteiger partial charge on any atom is -0.387 e. The topological polar surface area (TPSA) is 77.1 Å². The van der Waals surface area contributed by atoms with Gasteiger partial charge in [0.25, 0.3) is 5.89 Å². The van der Waals surface area contributed by atoms with E-state index in [1.54, 1.807) is 12.1 Å². The van der Waals surface area contributed by atoms with Crippen molar-refractivity contribution in [3.8, 4) is 10.8 Å². The maximum atomic E-state index is 11.8. The molecule has 112 valence electrons. The Hall–Kier alpha value is -2.67. The number of para-hydroxylation sites is 1. The van der Waals surface area contributed by atoms with Gasteiger partial charge >= 0.3 is 5.76 Å². The molecule has 0 bridgehead atoms. The van der Waals surface area contributed by atoms with Crippen molar-refractivity contribution in [2.75, 3.05) is 5.32 Å². The summed E-state index contributed by atoms with van der Waals surface area (Å²) in [7, 11) is 0. The molecule has 2 heterocycles. The van der Waals surface area contributed by atoms with E-state index in [1.165, 1.54) is 16.0 Å². The van der Waals surface area contributed by atoms with Gasteiger partial charge in [-0.25, -0.2) is 4.79 Å². The van der Waals surface area contributed by atoms with Gasteiger partial charge in [0, 0.05) is 12.1 Å². The summed E-state index contributed by atoms with van der Waals surface area (Å²) in [6.07, 6.45) is 0.144. The molecule has 3 aromatic rings. The Kier molecular flexibility index (Phi) is 4.15. The van der Waals surface area contributed by atoms with Gasteiger partial charge in [-0.2, -0.15) is 4.68 Å². The summed E-state index contributed by atoms with van der Waals surface area (Å²) in [4.78, 5) is 24.3. The van der Waals surface area contributed by atoms with Crippen LogP contribution < -0.4 is 11.1 Å². The minimum atomic E-state index is -0.559. The van der Waals surface area contributed by atoms with Crippen LogP contribution in [0.4, 0.5) is 5.69 Å². The second-order valence-electron chi connectivity index (χ2n) is 4.54. The van der Waals surface area contributed by atoms with Crippen LogP contribution in [0.25, 0.3) is 10.8 Å². The van der Waals surface area contributed by atoms with Crippen molar-refractivity contribution in [2.45, 2.75) is 13.0 Å². The average molecular weight is 315 g/mol. The SMILES string of the molecule is O=C(CCn1nc(-c2cccs2)oc1=O)Nc1ccccc1. The lowest BCUT2D eigenvalue weighted by molar-refractivity contribution is -0.116. The van der Waals surface area contributed by atoms with Crippen molar-refractivity contribution in [3.05, 3.63) is 58.4 Å². The maximum absolute atomic E-state index is 11.8. The highest BCUT2D eigenvalue weighted by Gasteiger charge is 2.12. The number of carbonyl (C=O) groups excluding carboxylic acids is 1. The van der Waals surface area contributed by atoms with E-state index in [9.17, 15) is 9.59 Å². The van der Waals surface area contributed by atoms with E-state index in [2.05, 4.69) is 10.4 Å². The van der Waals surface area contributed by atoms with Gasteiger partial charge in [0.2, 0.25) is 5.91 Å². The van der Waals surface area contributed by atoms with Crippen LogP contribution in [0.1, 0.15) is 6.42 Å². The van der Waals surface area contributed by atoms with Crippen LogP contribution in [0.3, 0.4) is 0 Å². The molecule has 1 aromatic carbocycles. The highest BCUT2D eigenvalue weighted by molar-refractivity contribution is 7.13. The summed E-state index contributed by atoms with van der Waals surface area (Å²) in [5, 5.41) is 8.73. The Morgan fingerprint density at radius 2 is 2.05 bits per heavy atom. The molecule has 1 N–H and O–H groups in total. The third kappa shape index (κ3) is 3.32. The molecular weight excluding hydrogens is 302 g/mol. The highest BCUT2D eigenvalue weighted by atomic mass is 32.1. The number of carbonyl (C=O) groups is 1. The molecule has 2 aromatic heterocycles. The first-order valence-corrected chi connectivity index (χ1v) is 7.57. The summed E-state index contributed by atoms with van der Waals surface area (Å²) in [6, 6.07) is 12.8. The second-order valence-corrected chi connectivity index (χ2v) is 5.49. The Morgan fingerprint density at radius 1 is 1.23 bits per heavy atom. The number of nitrogens with zero attached hydrogens (tertiary/aromatic N) is 2. The fraction of sp³-hybridized carbons (Fsp3) is 0.133. The van der Waals surface area contributed by atoms with E-state index in [0.717, 1.165) is 10.6 Å². The number of hydrogen-bond acceptors (Lipinski definition) is 5. The molecule has 0 aliphatic heterocycles. The fourth-order valence-corrected chi connectivity index (χ4v) is 2.54. The molecule has 7 heteroatoms. The van der Waals surface area contributed by atoms with E-state index in [0.29, 0.717) is 0 Å². The molecule has 0 radical (unpaired) electrons. The Bertz CT molecular complexity index is 806. The zero-order valence-corrected chi connectivity index (χ0v) is 12.4. The maximum Gasteiger partial charge on any atom is 0.437 e. The molecule has 0 aliphatic carbocycles. The predicted molar refractivity (Wildman–Crippen MR) is 83.8 cm³/mol. The van der Waals surface area contributed by atoms with E-state index < -0.39 is 5.76 Å². The van der Waals surface area contributed by atoms with Crippen molar-refractivity contribution in [2.24, 2.45) is 0 Å². The van der Waals surface area contributed by atoms with Crippen LogP contribution in [0.5, 0.6) is 0 Å². The first-order chi connectivity index (χ1) is 10.7. The Labute approximate surface area is 130 Å². The van der Waals surface area contributed by atoms with Gasteiger partial charge < -0.3 is 9.73 Å². The lowest BCUT2D eigenvalue weighted by Gasteiger charge is -2.03. The van der Waals surface area contributed by atoms with Crippen LogP contribution in [0.15, 0.2) is 57.1 Å². The lowest BCUT2D eigenvalue weighted by Crippen LogP contribution is -2.20. The number of hydrogen-bond donors (Lipinski definition) is 1. The van der Waals surface area contributed by atoms with Gasteiger partial charge in [0.1, 0.15) is 0 Å². The van der Waals surface area contributed by atoms with Crippen LogP contribution in [0.2, 0.25) is 0 Å². The number of aryl methyl sites for hydroxylation is 1. The highest BCUT2D eigenvalue weighted by Crippen LogP contribution is 2.21. The van der Waals surface area contributed by atoms with Crippen LogP contribution in [-0.2, 0) is 11.3 Å². The zero-order chi connectivity index (χ0) is 15.4. The van der Waals surface area contributed by atoms with Crippen molar-refractivity contribution in [1.82, 2.24) is 9.78 Å². The first kappa shape index (κ1) is 14.3. The van der Waals surface area contributed by atoms with Crippen molar-refractivity contribution >= 4 is 22.9 Å². The molecule has 22 heavy (non-hydrogen) atoms. The molecule has 0 spiro atoms. The summed E-state index contributed by atoms with van der Waals surface area (Å²) in [5.74, 6) is -0.460. The first-order valence-electron chi connectivity index (χ1n) is 6.69. The molecule has 0 atom stereocenters.